The molecule has 5 fully saturated rings. The van der Waals surface area contributed by atoms with Crippen LogP contribution in [0.2, 0.25) is 0 Å². The molecule has 3 aliphatic heterocycles. The Morgan fingerprint density at radius 1 is 1.06 bits per heavy atom. The van der Waals surface area contributed by atoms with Gasteiger partial charge >= 0.3 is 12.2 Å². The average Bonchev–Trinajstić information content (AvgIpc) is 3.19. The summed E-state index contributed by atoms with van der Waals surface area (Å²) in [6, 6.07) is 0.513. The van der Waals surface area contributed by atoms with Gasteiger partial charge in [-0.25, -0.2) is 18.8 Å². The third-order valence-corrected chi connectivity index (χ3v) is 9.04. The molecule has 5 aliphatic rings. The first-order chi connectivity index (χ1) is 16.2. The molecule has 2 aliphatic carbocycles. The number of urea groups is 1. The lowest BCUT2D eigenvalue weighted by atomic mass is 9.60. The van der Waals surface area contributed by atoms with Gasteiger partial charge in [-0.05, 0) is 37.2 Å². The van der Waals surface area contributed by atoms with Crippen molar-refractivity contribution in [1.29, 1.82) is 0 Å². The van der Waals surface area contributed by atoms with Crippen LogP contribution in [0.4, 0.5) is 18.0 Å². The van der Waals surface area contributed by atoms with Crippen molar-refractivity contribution >= 4 is 17.6 Å². The van der Waals surface area contributed by atoms with Crippen LogP contribution in [-0.4, -0.2) is 79.1 Å². The quantitative estimate of drug-likeness (QED) is 0.654. The van der Waals surface area contributed by atoms with Crippen LogP contribution >= 0.6 is 11.5 Å². The number of hydrogen-bond donors (Lipinski definition) is 0. The molecule has 0 unspecified atom stereocenters. The zero-order valence-corrected chi connectivity index (χ0v) is 19.5. The number of hydrogen-bond acceptors (Lipinski definition) is 6. The van der Waals surface area contributed by atoms with E-state index in [0.29, 0.717) is 25.0 Å². The van der Waals surface area contributed by atoms with Crippen molar-refractivity contribution < 1.29 is 18.0 Å². The van der Waals surface area contributed by atoms with E-state index in [0.717, 1.165) is 62.6 Å². The average molecular weight is 494 g/mol. The zero-order chi connectivity index (χ0) is 23.3. The summed E-state index contributed by atoms with van der Waals surface area (Å²) in [5, 5.41) is 4.66. The van der Waals surface area contributed by atoms with E-state index >= 15 is 0 Å². The fourth-order valence-electron chi connectivity index (χ4n) is 6.40. The summed E-state index contributed by atoms with van der Waals surface area (Å²) in [7, 11) is 0. The molecule has 0 aromatic carbocycles. The van der Waals surface area contributed by atoms with Crippen molar-refractivity contribution in [2.24, 2.45) is 10.8 Å². The fraction of sp³-hybridized carbons (Fsp3) is 0.727. The Hall–Kier alpha value is -2.21. The van der Waals surface area contributed by atoms with Crippen LogP contribution in [0, 0.1) is 10.8 Å². The van der Waals surface area contributed by atoms with Crippen LogP contribution in [0.15, 0.2) is 12.5 Å². The van der Waals surface area contributed by atoms with E-state index in [4.69, 9.17) is 0 Å². The van der Waals surface area contributed by atoms with E-state index in [2.05, 4.69) is 14.5 Å². The number of rotatable bonds is 4. The highest BCUT2D eigenvalue weighted by Crippen LogP contribution is 2.54. The van der Waals surface area contributed by atoms with Crippen LogP contribution in [0.5, 0.6) is 0 Å². The Kier molecular flexibility index (Phi) is 4.30. The third-order valence-electron chi connectivity index (χ3n) is 8.26. The van der Waals surface area contributed by atoms with E-state index < -0.39 is 11.7 Å². The van der Waals surface area contributed by atoms with E-state index in [1.807, 2.05) is 25.7 Å². The SMILES string of the molecule is O=C(N1CC2(CC(n3cnc(C4CC4)n3)C2)C1)N1CC2(CN(Cc3sncc3C(F)(F)F)C2)C1. The minimum absolute atomic E-state index is 0.0508. The molecule has 2 amide bonds. The molecule has 3 saturated heterocycles. The van der Waals surface area contributed by atoms with Gasteiger partial charge < -0.3 is 9.80 Å². The number of amides is 2. The first kappa shape index (κ1) is 21.1. The number of alkyl halides is 3. The van der Waals surface area contributed by atoms with E-state index in [-0.39, 0.29) is 28.3 Å². The van der Waals surface area contributed by atoms with Gasteiger partial charge in [0.2, 0.25) is 0 Å². The summed E-state index contributed by atoms with van der Waals surface area (Å²) in [5.74, 6) is 1.56. The van der Waals surface area contributed by atoms with Gasteiger partial charge in [-0.3, -0.25) is 4.90 Å². The Morgan fingerprint density at radius 3 is 2.38 bits per heavy atom. The van der Waals surface area contributed by atoms with Gasteiger partial charge in [-0.15, -0.1) is 0 Å². The van der Waals surface area contributed by atoms with E-state index in [1.54, 1.807) is 0 Å². The van der Waals surface area contributed by atoms with Crippen LogP contribution < -0.4 is 0 Å². The Labute approximate surface area is 198 Å². The molecule has 0 atom stereocenters. The molecule has 12 heteroatoms. The molecule has 5 heterocycles. The summed E-state index contributed by atoms with van der Waals surface area (Å²) in [4.78, 5) is 23.5. The highest BCUT2D eigenvalue weighted by molar-refractivity contribution is 7.05. The normalized spacial score (nSPS) is 25.7. The smallest absolute Gasteiger partial charge is 0.323 e. The number of nitrogens with zero attached hydrogens (tertiary/aromatic N) is 7. The predicted octanol–water partition coefficient (Wildman–Crippen LogP) is 3.21. The van der Waals surface area contributed by atoms with Crippen LogP contribution in [0.1, 0.15) is 53.9 Å². The van der Waals surface area contributed by atoms with Crippen molar-refractivity contribution in [3.8, 4) is 0 Å². The lowest BCUT2D eigenvalue weighted by Crippen LogP contribution is -2.75. The maximum absolute atomic E-state index is 13.1. The standard InChI is InChI=1S/C22H26F3N7OS/c23-22(24,25)16-5-27-34-17(16)6-29-7-21(8-29)11-31(12-21)19(33)30-9-20(10-30)3-15(4-20)32-13-26-18(28-32)14-1-2-14/h5,13-15H,1-4,6-12H2. The van der Waals surface area contributed by atoms with Gasteiger partial charge in [0, 0.05) is 62.6 Å². The van der Waals surface area contributed by atoms with Gasteiger partial charge in [0.25, 0.3) is 0 Å². The van der Waals surface area contributed by atoms with Gasteiger partial charge in [0.05, 0.1) is 22.7 Å². The van der Waals surface area contributed by atoms with Gasteiger partial charge in [0.15, 0.2) is 5.82 Å². The van der Waals surface area contributed by atoms with Gasteiger partial charge in [-0.1, -0.05) is 0 Å². The molecule has 2 spiro atoms. The topological polar surface area (TPSA) is 70.4 Å². The summed E-state index contributed by atoms with van der Waals surface area (Å²) in [6.45, 7) is 4.77. The molecule has 0 N–H and O–H groups in total. The summed E-state index contributed by atoms with van der Waals surface area (Å²) in [6.07, 6.45) is 2.96. The first-order valence-corrected chi connectivity index (χ1v) is 12.7. The summed E-state index contributed by atoms with van der Waals surface area (Å²) < 4.78 is 44.9. The lowest BCUT2D eigenvalue weighted by molar-refractivity contribution is -0.139. The molecule has 34 heavy (non-hydrogen) atoms. The fourth-order valence-corrected chi connectivity index (χ4v) is 7.19. The molecule has 182 valence electrons. The van der Waals surface area contributed by atoms with Crippen LogP contribution in [-0.2, 0) is 12.7 Å². The second kappa shape index (κ2) is 6.93. The molecule has 2 saturated carbocycles. The predicted molar refractivity (Wildman–Crippen MR) is 116 cm³/mol. The third kappa shape index (κ3) is 3.35. The molecule has 2 aromatic rings. The van der Waals surface area contributed by atoms with Gasteiger partial charge in [0.1, 0.15) is 6.33 Å². The van der Waals surface area contributed by atoms with Crippen LogP contribution in [0.25, 0.3) is 0 Å². The summed E-state index contributed by atoms with van der Waals surface area (Å²) in [5.41, 5.74) is -0.330. The highest BCUT2D eigenvalue weighted by atomic mass is 32.1. The maximum Gasteiger partial charge on any atom is 0.419 e. The number of carbonyl (C=O) groups is 1. The van der Waals surface area contributed by atoms with Crippen molar-refractivity contribution in [3.63, 3.8) is 0 Å². The number of carbonyl (C=O) groups excluding carboxylic acids is 1. The first-order valence-electron chi connectivity index (χ1n) is 11.9. The van der Waals surface area contributed by atoms with E-state index in [9.17, 15) is 18.0 Å². The molecular formula is C22H26F3N7OS. The Balaban J connectivity index is 0.856. The van der Waals surface area contributed by atoms with E-state index in [1.165, 1.54) is 12.8 Å². The maximum atomic E-state index is 13.1. The largest absolute Gasteiger partial charge is 0.419 e. The highest BCUT2D eigenvalue weighted by Gasteiger charge is 2.58. The summed E-state index contributed by atoms with van der Waals surface area (Å²) >= 11 is 0.919. The number of likely N-dealkylation sites (tertiary alicyclic amines) is 3. The molecular weight excluding hydrogens is 467 g/mol. The molecule has 8 nitrogen and oxygen atoms in total. The second-order valence-corrected chi connectivity index (χ2v) is 12.1. The van der Waals surface area contributed by atoms with Crippen molar-refractivity contribution in [2.45, 2.75) is 50.4 Å². The Morgan fingerprint density at radius 2 is 1.74 bits per heavy atom. The lowest BCUT2D eigenvalue weighted by Gasteiger charge is -2.63. The van der Waals surface area contributed by atoms with Crippen molar-refractivity contribution in [3.05, 3.63) is 28.8 Å². The van der Waals surface area contributed by atoms with Gasteiger partial charge in [-0.2, -0.15) is 18.3 Å². The number of aromatic nitrogens is 4. The molecule has 2 aromatic heterocycles. The number of halogens is 3. The molecule has 0 radical (unpaired) electrons. The zero-order valence-electron chi connectivity index (χ0n) is 18.7. The van der Waals surface area contributed by atoms with Crippen molar-refractivity contribution in [2.75, 3.05) is 39.3 Å². The minimum Gasteiger partial charge on any atom is -0.323 e. The second-order valence-electron chi connectivity index (χ2n) is 11.2. The van der Waals surface area contributed by atoms with Crippen LogP contribution in [0.3, 0.4) is 0 Å². The minimum atomic E-state index is -4.35. The monoisotopic (exact) mass is 493 g/mol. The molecule has 0 bridgehead atoms. The Bertz CT molecular complexity index is 1110. The van der Waals surface area contributed by atoms with Crippen molar-refractivity contribution in [1.82, 2.24) is 33.8 Å². The molecule has 7 rings (SSSR count).